The molecule has 2 heterocycles. The highest BCUT2D eigenvalue weighted by atomic mass is 32.2. The number of hydrogen-bond acceptors (Lipinski definition) is 5. The van der Waals surface area contributed by atoms with E-state index in [2.05, 4.69) is 10.3 Å². The molecule has 2 aromatic rings. The lowest BCUT2D eigenvalue weighted by molar-refractivity contribution is 0.0571. The minimum absolute atomic E-state index is 0.131. The highest BCUT2D eigenvalue weighted by Crippen LogP contribution is 2.19. The van der Waals surface area contributed by atoms with Crippen LogP contribution in [0.1, 0.15) is 23.3 Å². The predicted molar refractivity (Wildman–Crippen MR) is 107 cm³/mol. The lowest BCUT2D eigenvalue weighted by Crippen LogP contribution is -2.50. The van der Waals surface area contributed by atoms with Crippen LogP contribution < -0.4 is 5.32 Å². The van der Waals surface area contributed by atoms with E-state index in [1.165, 1.54) is 22.7 Å². The van der Waals surface area contributed by atoms with Gasteiger partial charge in [-0.15, -0.1) is 0 Å². The Morgan fingerprint density at radius 2 is 1.93 bits per heavy atom. The minimum Gasteiger partial charge on any atom is -0.381 e. The van der Waals surface area contributed by atoms with Crippen molar-refractivity contribution in [3.63, 3.8) is 0 Å². The Balaban J connectivity index is 1.70. The lowest BCUT2D eigenvalue weighted by atomic mass is 10.1. The largest absolute Gasteiger partial charge is 0.381 e. The fourth-order valence-corrected chi connectivity index (χ4v) is 4.66. The number of amides is 1. The summed E-state index contributed by atoms with van der Waals surface area (Å²) in [6, 6.07) is 9.25. The fourth-order valence-electron chi connectivity index (χ4n) is 3.33. The normalized spacial score (nSPS) is 16.0. The molecule has 1 N–H and O–H groups in total. The SMILES string of the molecule is CN(C)S(=O)(=O)N(CCNC(=O)c1nccc2ccccc12)C1CCOCC1. The fraction of sp³-hybridized carbons (Fsp3) is 0.474. The topological polar surface area (TPSA) is 91.8 Å². The Labute approximate surface area is 165 Å². The first kappa shape index (κ1) is 20.7. The second-order valence-electron chi connectivity index (χ2n) is 6.88. The van der Waals surface area contributed by atoms with Crippen LogP contribution in [0.25, 0.3) is 10.8 Å². The van der Waals surface area contributed by atoms with E-state index in [4.69, 9.17) is 4.74 Å². The number of carbonyl (C=O) groups excluding carboxylic acids is 1. The standard InChI is InChI=1S/C19H26N4O4S/c1-22(2)28(25,26)23(16-8-13-27-14-9-16)12-11-21-19(24)18-17-6-4-3-5-15(17)7-10-20-18/h3-7,10,16H,8-9,11-14H2,1-2H3,(H,21,24). The van der Waals surface area contributed by atoms with Crippen molar-refractivity contribution in [2.24, 2.45) is 0 Å². The molecule has 0 radical (unpaired) electrons. The van der Waals surface area contributed by atoms with Crippen molar-refractivity contribution in [2.75, 3.05) is 40.4 Å². The van der Waals surface area contributed by atoms with Crippen molar-refractivity contribution in [1.82, 2.24) is 18.9 Å². The van der Waals surface area contributed by atoms with Gasteiger partial charge in [-0.1, -0.05) is 24.3 Å². The zero-order chi connectivity index (χ0) is 20.1. The van der Waals surface area contributed by atoms with Crippen LogP contribution in [0.3, 0.4) is 0 Å². The summed E-state index contributed by atoms with van der Waals surface area (Å²) >= 11 is 0. The molecular formula is C19H26N4O4S. The Morgan fingerprint density at radius 1 is 1.21 bits per heavy atom. The maximum Gasteiger partial charge on any atom is 0.281 e. The molecule has 9 heteroatoms. The van der Waals surface area contributed by atoms with Crippen LogP contribution in [0, 0.1) is 0 Å². The van der Waals surface area contributed by atoms with Crippen LogP contribution in [-0.2, 0) is 14.9 Å². The molecule has 1 aliphatic heterocycles. The van der Waals surface area contributed by atoms with E-state index in [-0.39, 0.29) is 25.0 Å². The molecular weight excluding hydrogens is 380 g/mol. The van der Waals surface area contributed by atoms with Gasteiger partial charge in [0, 0.05) is 58.0 Å². The molecule has 1 aromatic heterocycles. The third kappa shape index (κ3) is 4.49. The van der Waals surface area contributed by atoms with Crippen molar-refractivity contribution in [2.45, 2.75) is 18.9 Å². The number of pyridine rings is 1. The van der Waals surface area contributed by atoms with Crippen LogP contribution in [0.4, 0.5) is 0 Å². The van der Waals surface area contributed by atoms with Crippen LogP contribution in [0.2, 0.25) is 0 Å². The molecule has 0 bridgehead atoms. The molecule has 0 atom stereocenters. The number of benzene rings is 1. The molecule has 0 aliphatic carbocycles. The summed E-state index contributed by atoms with van der Waals surface area (Å²) in [5, 5.41) is 4.51. The summed E-state index contributed by atoms with van der Waals surface area (Å²) in [7, 11) is -0.563. The maximum absolute atomic E-state index is 12.7. The number of nitrogens with zero attached hydrogens (tertiary/aromatic N) is 3. The first-order valence-electron chi connectivity index (χ1n) is 9.30. The molecule has 8 nitrogen and oxygen atoms in total. The summed E-state index contributed by atoms with van der Waals surface area (Å²) in [6.07, 6.45) is 2.89. The average Bonchev–Trinajstić information content (AvgIpc) is 2.71. The van der Waals surface area contributed by atoms with E-state index < -0.39 is 10.2 Å². The van der Waals surface area contributed by atoms with Gasteiger partial charge in [-0.3, -0.25) is 9.78 Å². The van der Waals surface area contributed by atoms with Gasteiger partial charge >= 0.3 is 0 Å². The van der Waals surface area contributed by atoms with Gasteiger partial charge in [0.2, 0.25) is 0 Å². The number of hydrogen-bond donors (Lipinski definition) is 1. The Morgan fingerprint density at radius 3 is 2.64 bits per heavy atom. The van der Waals surface area contributed by atoms with Crippen molar-refractivity contribution >= 4 is 26.9 Å². The van der Waals surface area contributed by atoms with E-state index >= 15 is 0 Å². The van der Waals surface area contributed by atoms with Crippen molar-refractivity contribution in [1.29, 1.82) is 0 Å². The zero-order valence-electron chi connectivity index (χ0n) is 16.2. The minimum atomic E-state index is -3.59. The summed E-state index contributed by atoms with van der Waals surface area (Å²) in [5.41, 5.74) is 0.339. The highest BCUT2D eigenvalue weighted by Gasteiger charge is 2.32. The van der Waals surface area contributed by atoms with Crippen LogP contribution in [-0.4, -0.2) is 74.4 Å². The molecule has 1 amide bonds. The first-order valence-corrected chi connectivity index (χ1v) is 10.7. The zero-order valence-corrected chi connectivity index (χ0v) is 17.0. The van der Waals surface area contributed by atoms with Crippen LogP contribution in [0.5, 0.6) is 0 Å². The van der Waals surface area contributed by atoms with E-state index in [1.54, 1.807) is 6.20 Å². The average molecular weight is 407 g/mol. The quantitative estimate of drug-likeness (QED) is 0.747. The van der Waals surface area contributed by atoms with Gasteiger partial charge < -0.3 is 10.1 Å². The van der Waals surface area contributed by atoms with Crippen molar-refractivity contribution in [3.05, 3.63) is 42.2 Å². The third-order valence-corrected chi connectivity index (χ3v) is 6.86. The maximum atomic E-state index is 12.7. The molecule has 0 saturated carbocycles. The second-order valence-corrected chi connectivity index (χ2v) is 8.98. The summed E-state index contributed by atoms with van der Waals surface area (Å²) < 4.78 is 33.5. The number of nitrogens with one attached hydrogen (secondary N) is 1. The molecule has 0 unspecified atom stereocenters. The highest BCUT2D eigenvalue weighted by molar-refractivity contribution is 7.86. The van der Waals surface area contributed by atoms with Gasteiger partial charge in [0.05, 0.1) is 0 Å². The summed E-state index contributed by atoms with van der Waals surface area (Å²) in [6.45, 7) is 1.47. The molecule has 1 aliphatic rings. The summed E-state index contributed by atoms with van der Waals surface area (Å²) in [5.74, 6) is -0.314. The Hall–Kier alpha value is -2.07. The molecule has 1 saturated heterocycles. The van der Waals surface area contributed by atoms with E-state index in [9.17, 15) is 13.2 Å². The second kappa shape index (κ2) is 8.95. The summed E-state index contributed by atoms with van der Waals surface area (Å²) in [4.78, 5) is 16.8. The molecule has 1 fully saturated rings. The van der Waals surface area contributed by atoms with Gasteiger partial charge in [0.25, 0.3) is 16.1 Å². The number of carbonyl (C=O) groups is 1. The monoisotopic (exact) mass is 406 g/mol. The van der Waals surface area contributed by atoms with Crippen LogP contribution in [0.15, 0.2) is 36.5 Å². The smallest absolute Gasteiger partial charge is 0.281 e. The van der Waals surface area contributed by atoms with E-state index in [0.29, 0.717) is 31.7 Å². The number of ether oxygens (including phenoxy) is 1. The lowest BCUT2D eigenvalue weighted by Gasteiger charge is -2.34. The predicted octanol–water partition coefficient (Wildman–Crippen LogP) is 1.25. The Bertz CT molecular complexity index is 921. The van der Waals surface area contributed by atoms with Crippen LogP contribution >= 0.6 is 0 Å². The molecule has 1 aromatic carbocycles. The van der Waals surface area contributed by atoms with Gasteiger partial charge in [-0.05, 0) is 24.3 Å². The first-order chi connectivity index (χ1) is 13.4. The molecule has 3 rings (SSSR count). The van der Waals surface area contributed by atoms with Gasteiger partial charge in [-0.2, -0.15) is 17.0 Å². The Kier molecular flexibility index (Phi) is 6.61. The number of rotatable bonds is 7. The molecule has 28 heavy (non-hydrogen) atoms. The van der Waals surface area contributed by atoms with Gasteiger partial charge in [-0.25, -0.2) is 0 Å². The number of fused-ring (bicyclic) bond motifs is 1. The van der Waals surface area contributed by atoms with Crippen molar-refractivity contribution in [3.8, 4) is 0 Å². The van der Waals surface area contributed by atoms with Crippen molar-refractivity contribution < 1.29 is 17.9 Å². The molecule has 152 valence electrons. The van der Waals surface area contributed by atoms with E-state index in [1.807, 2.05) is 30.3 Å². The van der Waals surface area contributed by atoms with Gasteiger partial charge in [0.1, 0.15) is 5.69 Å². The van der Waals surface area contributed by atoms with Gasteiger partial charge in [0.15, 0.2) is 0 Å². The van der Waals surface area contributed by atoms with E-state index in [0.717, 1.165) is 10.8 Å². The number of aromatic nitrogens is 1. The molecule has 0 spiro atoms. The third-order valence-electron chi connectivity index (χ3n) is 4.86.